The van der Waals surface area contributed by atoms with Gasteiger partial charge in [-0.05, 0) is 35.1 Å². The van der Waals surface area contributed by atoms with Crippen LogP contribution in [0.1, 0.15) is 15.8 Å². The Morgan fingerprint density at radius 3 is 2.57 bits per heavy atom. The number of esters is 1. The molecule has 0 aromatic carbocycles. The van der Waals surface area contributed by atoms with Crippen molar-refractivity contribution in [1.82, 2.24) is 10.6 Å². The summed E-state index contributed by atoms with van der Waals surface area (Å²) in [4.78, 5) is 26.2. The van der Waals surface area contributed by atoms with Gasteiger partial charge in [-0.25, -0.2) is 4.79 Å². The van der Waals surface area contributed by atoms with Gasteiger partial charge in [-0.1, -0.05) is 12.1 Å². The van der Waals surface area contributed by atoms with Gasteiger partial charge in [0, 0.05) is 4.88 Å². The van der Waals surface area contributed by atoms with Crippen LogP contribution in [-0.2, 0) is 14.3 Å². The van der Waals surface area contributed by atoms with E-state index in [0.717, 1.165) is 9.75 Å². The van der Waals surface area contributed by atoms with E-state index < -0.39 is 17.8 Å². The maximum Gasteiger partial charge on any atom is 0.379 e. The maximum atomic E-state index is 12.6. The number of rotatable bonds is 4. The van der Waals surface area contributed by atoms with Gasteiger partial charge in [-0.3, -0.25) is 4.79 Å². The van der Waals surface area contributed by atoms with E-state index in [1.807, 2.05) is 35.0 Å². The third kappa shape index (κ3) is 3.05. The highest BCUT2D eigenvalue weighted by Gasteiger charge is 2.36. The lowest BCUT2D eigenvalue weighted by atomic mass is 9.96. The first-order valence-electron chi connectivity index (χ1n) is 6.63. The third-order valence-electron chi connectivity index (χ3n) is 3.28. The van der Waals surface area contributed by atoms with Crippen molar-refractivity contribution in [2.45, 2.75) is 6.04 Å². The quantitative estimate of drug-likeness (QED) is 0.494. The van der Waals surface area contributed by atoms with Gasteiger partial charge in [0.05, 0.1) is 29.3 Å². The molecule has 5 nitrogen and oxygen atoms in total. The highest BCUT2D eigenvalue weighted by atomic mass is 32.1. The van der Waals surface area contributed by atoms with Crippen LogP contribution >= 0.6 is 34.9 Å². The molecule has 8 heteroatoms. The van der Waals surface area contributed by atoms with Crippen LogP contribution in [0.3, 0.4) is 0 Å². The highest BCUT2D eigenvalue weighted by molar-refractivity contribution is 7.80. The molecule has 0 saturated carbocycles. The minimum Gasteiger partial charge on any atom is -0.463 e. The average Bonchev–Trinajstić information content (AvgIpc) is 3.25. The molecule has 0 bridgehead atoms. The molecule has 0 saturated heterocycles. The number of Topliss-reactive ketones (excluding diaryl/α,β-unsaturated/α-hetero) is 1. The molecule has 3 heterocycles. The fourth-order valence-electron chi connectivity index (χ4n) is 2.30. The molecular formula is C15H12N2O3S3. The number of methoxy groups -OCH3 is 1. The molecule has 2 aromatic heterocycles. The molecule has 0 radical (unpaired) electrons. The number of thiocarbonyl (C=S) groups is 1. The summed E-state index contributed by atoms with van der Waals surface area (Å²) in [5.74, 6) is -1.58. The number of hydrogen-bond acceptors (Lipinski definition) is 6. The van der Waals surface area contributed by atoms with Crippen LogP contribution in [0.15, 0.2) is 40.6 Å². The summed E-state index contributed by atoms with van der Waals surface area (Å²) in [6.07, 6.45) is 0. The van der Waals surface area contributed by atoms with Crippen molar-refractivity contribution in [3.8, 4) is 0 Å². The Labute approximate surface area is 146 Å². The molecular weight excluding hydrogens is 352 g/mol. The Balaban J connectivity index is 2.18. The molecule has 0 amide bonds. The maximum absolute atomic E-state index is 12.6. The molecule has 0 unspecified atom stereocenters. The predicted octanol–water partition coefficient (Wildman–Crippen LogP) is 2.48. The van der Waals surface area contributed by atoms with E-state index in [1.165, 1.54) is 29.8 Å². The Morgan fingerprint density at radius 1 is 1.22 bits per heavy atom. The predicted molar refractivity (Wildman–Crippen MR) is 94.2 cm³/mol. The molecule has 1 atom stereocenters. The second-order valence-electron chi connectivity index (χ2n) is 4.63. The molecule has 0 aliphatic carbocycles. The Morgan fingerprint density at radius 2 is 1.96 bits per heavy atom. The second kappa shape index (κ2) is 6.61. The van der Waals surface area contributed by atoms with E-state index in [9.17, 15) is 9.59 Å². The zero-order chi connectivity index (χ0) is 16.4. The van der Waals surface area contributed by atoms with Crippen LogP contribution in [-0.4, -0.2) is 24.0 Å². The van der Waals surface area contributed by atoms with Crippen molar-refractivity contribution in [3.63, 3.8) is 0 Å². The minimum absolute atomic E-state index is 0.315. The average molecular weight is 364 g/mol. The fraction of sp³-hybridized carbons (Fsp3) is 0.133. The topological polar surface area (TPSA) is 67.4 Å². The number of carbonyl (C=O) groups excluding carboxylic acids is 2. The first kappa shape index (κ1) is 15.9. The van der Waals surface area contributed by atoms with Crippen LogP contribution in [0.4, 0.5) is 0 Å². The molecule has 23 heavy (non-hydrogen) atoms. The zero-order valence-corrected chi connectivity index (χ0v) is 14.4. The van der Waals surface area contributed by atoms with Crippen LogP contribution in [0, 0.1) is 0 Å². The van der Waals surface area contributed by atoms with Gasteiger partial charge in [0.1, 0.15) is 0 Å². The van der Waals surface area contributed by atoms with E-state index in [1.54, 1.807) is 0 Å². The Bertz CT molecular complexity index is 779. The number of ether oxygens (including phenoxy) is 1. The van der Waals surface area contributed by atoms with Crippen LogP contribution in [0.5, 0.6) is 0 Å². The SMILES string of the molecule is COC(=O)C(=O)C1=C(c2cccs2)NC(=S)N[C@H]1c1cccs1. The van der Waals surface area contributed by atoms with E-state index >= 15 is 0 Å². The first-order valence-corrected chi connectivity index (χ1v) is 8.80. The summed E-state index contributed by atoms with van der Waals surface area (Å²) in [6.45, 7) is 0. The number of hydrogen-bond donors (Lipinski definition) is 2. The minimum atomic E-state index is -0.896. The first-order chi connectivity index (χ1) is 11.1. The third-order valence-corrected chi connectivity index (χ3v) is 5.33. The lowest BCUT2D eigenvalue weighted by Gasteiger charge is -2.29. The number of thiophene rings is 2. The Kier molecular flexibility index (Phi) is 4.56. The van der Waals surface area contributed by atoms with Crippen molar-refractivity contribution in [2.75, 3.05) is 7.11 Å². The van der Waals surface area contributed by atoms with Crippen molar-refractivity contribution in [1.29, 1.82) is 0 Å². The van der Waals surface area contributed by atoms with E-state index in [4.69, 9.17) is 12.2 Å². The molecule has 2 N–H and O–H groups in total. The van der Waals surface area contributed by atoms with Crippen LogP contribution in [0.2, 0.25) is 0 Å². The molecule has 1 aliphatic heterocycles. The molecule has 118 valence electrons. The summed E-state index contributed by atoms with van der Waals surface area (Å²) in [5.41, 5.74) is 0.868. The molecule has 0 fully saturated rings. The van der Waals surface area contributed by atoms with E-state index in [-0.39, 0.29) is 0 Å². The lowest BCUT2D eigenvalue weighted by molar-refractivity contribution is -0.150. The summed E-state index contributed by atoms with van der Waals surface area (Å²) >= 11 is 8.22. The van der Waals surface area contributed by atoms with E-state index in [0.29, 0.717) is 16.4 Å². The van der Waals surface area contributed by atoms with Crippen molar-refractivity contribution < 1.29 is 14.3 Å². The highest BCUT2D eigenvalue weighted by Crippen LogP contribution is 2.35. The van der Waals surface area contributed by atoms with Crippen molar-refractivity contribution in [3.05, 3.63) is 50.4 Å². The smallest absolute Gasteiger partial charge is 0.379 e. The molecule has 1 aliphatic rings. The largest absolute Gasteiger partial charge is 0.463 e. The number of nitrogens with one attached hydrogen (secondary N) is 2. The summed E-state index contributed by atoms with van der Waals surface area (Å²) in [7, 11) is 1.19. The van der Waals surface area contributed by atoms with Gasteiger partial charge < -0.3 is 15.4 Å². The van der Waals surface area contributed by atoms with Gasteiger partial charge in [-0.15, -0.1) is 22.7 Å². The van der Waals surface area contributed by atoms with Crippen LogP contribution < -0.4 is 10.6 Å². The van der Waals surface area contributed by atoms with Crippen molar-refractivity contribution in [2.24, 2.45) is 0 Å². The number of ketones is 1. The zero-order valence-electron chi connectivity index (χ0n) is 12.0. The van der Waals surface area contributed by atoms with Gasteiger partial charge in [0.15, 0.2) is 5.11 Å². The normalized spacial score (nSPS) is 17.4. The Hall–Kier alpha value is -2.03. The van der Waals surface area contributed by atoms with Gasteiger partial charge in [0.2, 0.25) is 0 Å². The monoisotopic (exact) mass is 364 g/mol. The standard InChI is InChI=1S/C15H12N2O3S3/c1-20-14(19)13(18)10-11(8-4-2-6-22-8)16-15(21)17-12(10)9-5-3-7-23-9/h2-7,11H,1H3,(H2,16,17,21)/t11-/m0/s1. The van der Waals surface area contributed by atoms with Gasteiger partial charge in [-0.2, -0.15) is 0 Å². The molecule has 0 spiro atoms. The van der Waals surface area contributed by atoms with Crippen LogP contribution in [0.25, 0.3) is 5.70 Å². The summed E-state index contributed by atoms with van der Waals surface area (Å²) in [5, 5.41) is 10.3. The fourth-order valence-corrected chi connectivity index (χ4v) is 4.04. The van der Waals surface area contributed by atoms with Crippen molar-refractivity contribution >= 4 is 57.5 Å². The lowest BCUT2D eigenvalue weighted by Crippen LogP contribution is -2.45. The number of carbonyl (C=O) groups is 2. The van der Waals surface area contributed by atoms with E-state index in [2.05, 4.69) is 15.4 Å². The summed E-state index contributed by atoms with van der Waals surface area (Å²) < 4.78 is 4.62. The molecule has 3 rings (SSSR count). The molecule has 2 aromatic rings. The summed E-state index contributed by atoms with van der Waals surface area (Å²) in [6, 6.07) is 7.05. The van der Waals surface area contributed by atoms with Gasteiger partial charge >= 0.3 is 5.97 Å². The second-order valence-corrected chi connectivity index (χ2v) is 6.97. The van der Waals surface area contributed by atoms with Gasteiger partial charge in [0.25, 0.3) is 5.78 Å².